The van der Waals surface area contributed by atoms with Gasteiger partial charge in [0, 0.05) is 19.1 Å². The van der Waals surface area contributed by atoms with E-state index in [9.17, 15) is 5.26 Å². The highest BCUT2D eigenvalue weighted by Gasteiger charge is 2.28. The lowest BCUT2D eigenvalue weighted by Gasteiger charge is -2.36. The Labute approximate surface area is 107 Å². The molecule has 0 aliphatic rings. The van der Waals surface area contributed by atoms with Gasteiger partial charge in [0.1, 0.15) is 5.54 Å². The molecule has 0 radical (unpaired) electrons. The summed E-state index contributed by atoms with van der Waals surface area (Å²) in [6.45, 7) is 12.8. The summed E-state index contributed by atoms with van der Waals surface area (Å²) in [5.41, 5.74) is -0.447. The van der Waals surface area contributed by atoms with Crippen molar-refractivity contribution < 1.29 is 0 Å². The third kappa shape index (κ3) is 5.52. The minimum atomic E-state index is -0.447. The van der Waals surface area contributed by atoms with Crippen LogP contribution in [0.25, 0.3) is 0 Å². The van der Waals surface area contributed by atoms with Crippen LogP contribution in [-0.2, 0) is 0 Å². The van der Waals surface area contributed by atoms with Crippen molar-refractivity contribution >= 4 is 0 Å². The molecule has 0 rings (SSSR count). The molecule has 3 heteroatoms. The summed E-state index contributed by atoms with van der Waals surface area (Å²) in [7, 11) is 1.86. The van der Waals surface area contributed by atoms with Crippen molar-refractivity contribution in [2.24, 2.45) is 5.92 Å². The molecule has 17 heavy (non-hydrogen) atoms. The molecule has 0 aromatic heterocycles. The molecule has 3 nitrogen and oxygen atoms in total. The Morgan fingerprint density at radius 3 is 2.12 bits per heavy atom. The molecule has 0 amide bonds. The quantitative estimate of drug-likeness (QED) is 0.708. The van der Waals surface area contributed by atoms with E-state index in [0.29, 0.717) is 12.0 Å². The van der Waals surface area contributed by atoms with E-state index in [4.69, 9.17) is 0 Å². The summed E-state index contributed by atoms with van der Waals surface area (Å²) in [4.78, 5) is 2.46. The van der Waals surface area contributed by atoms with Crippen molar-refractivity contribution in [1.29, 1.82) is 5.26 Å². The van der Waals surface area contributed by atoms with Gasteiger partial charge in [-0.2, -0.15) is 5.26 Å². The average molecular weight is 239 g/mol. The molecule has 0 saturated heterocycles. The van der Waals surface area contributed by atoms with Gasteiger partial charge in [0.05, 0.1) is 6.07 Å². The van der Waals surface area contributed by atoms with Crippen LogP contribution in [0.15, 0.2) is 0 Å². The highest BCUT2D eigenvalue weighted by atomic mass is 15.2. The molecule has 0 aromatic carbocycles. The summed E-state index contributed by atoms with van der Waals surface area (Å²) >= 11 is 0. The number of nitrogens with zero attached hydrogens (tertiary/aromatic N) is 2. The first-order valence-corrected chi connectivity index (χ1v) is 6.76. The Hall–Kier alpha value is -0.590. The van der Waals surface area contributed by atoms with Crippen LogP contribution in [0.4, 0.5) is 0 Å². The molecule has 0 saturated carbocycles. The number of hydrogen-bond acceptors (Lipinski definition) is 3. The minimum Gasteiger partial charge on any atom is -0.302 e. The van der Waals surface area contributed by atoms with Crippen molar-refractivity contribution in [3.8, 4) is 6.07 Å². The van der Waals surface area contributed by atoms with Crippen molar-refractivity contribution in [1.82, 2.24) is 10.2 Å². The lowest BCUT2D eigenvalue weighted by molar-refractivity contribution is 0.138. The summed E-state index contributed by atoms with van der Waals surface area (Å²) in [5, 5.41) is 12.4. The van der Waals surface area contributed by atoms with Crippen LogP contribution in [0.1, 0.15) is 47.5 Å². The molecule has 0 fully saturated rings. The number of nitriles is 1. The fraction of sp³-hybridized carbons (Fsp3) is 0.929. The highest BCUT2D eigenvalue weighted by Crippen LogP contribution is 2.15. The molecule has 100 valence electrons. The molecular formula is C14H29N3. The normalized spacial score (nSPS) is 15.3. The Bertz CT molecular complexity index is 240. The molecular weight excluding hydrogens is 210 g/mol. The predicted molar refractivity (Wildman–Crippen MR) is 73.9 cm³/mol. The van der Waals surface area contributed by atoms with Crippen LogP contribution in [0.2, 0.25) is 0 Å². The van der Waals surface area contributed by atoms with E-state index in [1.165, 1.54) is 0 Å². The maximum Gasteiger partial charge on any atom is 0.116 e. The predicted octanol–water partition coefficient (Wildman–Crippen LogP) is 2.63. The lowest BCUT2D eigenvalue weighted by atomic mass is 10.00. The van der Waals surface area contributed by atoms with Gasteiger partial charge in [-0.3, -0.25) is 4.90 Å². The number of nitrogens with one attached hydrogen (secondary N) is 1. The van der Waals surface area contributed by atoms with Crippen LogP contribution < -0.4 is 5.32 Å². The van der Waals surface area contributed by atoms with Gasteiger partial charge in [-0.05, 0) is 32.7 Å². The van der Waals surface area contributed by atoms with E-state index in [-0.39, 0.29) is 0 Å². The van der Waals surface area contributed by atoms with Crippen LogP contribution in [0.5, 0.6) is 0 Å². The van der Waals surface area contributed by atoms with E-state index >= 15 is 0 Å². The van der Waals surface area contributed by atoms with Crippen LogP contribution in [-0.4, -0.2) is 36.6 Å². The van der Waals surface area contributed by atoms with Gasteiger partial charge < -0.3 is 5.32 Å². The maximum absolute atomic E-state index is 9.26. The average Bonchev–Trinajstić information content (AvgIpc) is 2.29. The molecule has 0 aliphatic carbocycles. The van der Waals surface area contributed by atoms with Crippen molar-refractivity contribution in [2.75, 3.05) is 20.1 Å². The molecule has 1 N–H and O–H groups in total. The first kappa shape index (κ1) is 16.4. The molecule has 1 unspecified atom stereocenters. The third-order valence-corrected chi connectivity index (χ3v) is 3.38. The number of rotatable bonds is 8. The molecule has 0 aromatic rings. The van der Waals surface area contributed by atoms with Crippen LogP contribution in [0.3, 0.4) is 0 Å². The Morgan fingerprint density at radius 2 is 1.82 bits per heavy atom. The first-order valence-electron chi connectivity index (χ1n) is 6.76. The summed E-state index contributed by atoms with van der Waals surface area (Å²) in [6.07, 6.45) is 2.29. The second kappa shape index (κ2) is 7.68. The SMILES string of the molecule is CCC(CC)N(CC(C)C)CC(C)(C#N)NC. The van der Waals surface area contributed by atoms with Gasteiger partial charge in [-0.1, -0.05) is 27.7 Å². The molecule has 0 heterocycles. The first-order chi connectivity index (χ1) is 7.92. The Morgan fingerprint density at radius 1 is 1.29 bits per heavy atom. The summed E-state index contributed by atoms with van der Waals surface area (Å²) in [6, 6.07) is 2.96. The van der Waals surface area contributed by atoms with Gasteiger partial charge >= 0.3 is 0 Å². The molecule has 1 atom stereocenters. The number of hydrogen-bond donors (Lipinski definition) is 1. The van der Waals surface area contributed by atoms with Crippen molar-refractivity contribution in [3.63, 3.8) is 0 Å². The Kier molecular flexibility index (Phi) is 7.41. The monoisotopic (exact) mass is 239 g/mol. The van der Waals surface area contributed by atoms with Gasteiger partial charge in [0.15, 0.2) is 0 Å². The van der Waals surface area contributed by atoms with Crippen molar-refractivity contribution in [2.45, 2.75) is 59.0 Å². The fourth-order valence-corrected chi connectivity index (χ4v) is 2.19. The molecule has 0 spiro atoms. The van der Waals surface area contributed by atoms with E-state index < -0.39 is 5.54 Å². The van der Waals surface area contributed by atoms with Crippen molar-refractivity contribution in [3.05, 3.63) is 0 Å². The second-order valence-electron chi connectivity index (χ2n) is 5.49. The van der Waals surface area contributed by atoms with Gasteiger partial charge in [0.2, 0.25) is 0 Å². The minimum absolute atomic E-state index is 0.447. The third-order valence-electron chi connectivity index (χ3n) is 3.38. The molecule has 0 aliphatic heterocycles. The lowest BCUT2D eigenvalue weighted by Crippen LogP contribution is -2.52. The summed E-state index contributed by atoms with van der Waals surface area (Å²) in [5.74, 6) is 0.635. The number of likely N-dealkylation sites (N-methyl/N-ethyl adjacent to an activating group) is 1. The zero-order valence-corrected chi connectivity index (χ0v) is 12.4. The van der Waals surface area contributed by atoms with E-state index in [1.807, 2.05) is 14.0 Å². The van der Waals surface area contributed by atoms with Crippen LogP contribution >= 0.6 is 0 Å². The fourth-order valence-electron chi connectivity index (χ4n) is 2.19. The van der Waals surface area contributed by atoms with Crippen LogP contribution in [0, 0.1) is 17.2 Å². The topological polar surface area (TPSA) is 39.1 Å². The Balaban J connectivity index is 4.75. The van der Waals surface area contributed by atoms with E-state index in [0.717, 1.165) is 25.9 Å². The molecule has 0 bridgehead atoms. The van der Waals surface area contributed by atoms with Gasteiger partial charge in [0.25, 0.3) is 0 Å². The maximum atomic E-state index is 9.26. The summed E-state index contributed by atoms with van der Waals surface area (Å²) < 4.78 is 0. The largest absolute Gasteiger partial charge is 0.302 e. The van der Waals surface area contributed by atoms with E-state index in [2.05, 4.69) is 44.0 Å². The van der Waals surface area contributed by atoms with Gasteiger partial charge in [-0.15, -0.1) is 0 Å². The van der Waals surface area contributed by atoms with E-state index in [1.54, 1.807) is 0 Å². The standard InChI is InChI=1S/C14H29N3/c1-7-13(8-2)17(9-12(3)4)11-14(5,10-15)16-6/h12-13,16H,7-9,11H2,1-6H3. The highest BCUT2D eigenvalue weighted by molar-refractivity contribution is 5.05. The zero-order valence-electron chi connectivity index (χ0n) is 12.4. The smallest absolute Gasteiger partial charge is 0.116 e. The zero-order chi connectivity index (χ0) is 13.5. The van der Waals surface area contributed by atoms with Gasteiger partial charge in [-0.25, -0.2) is 0 Å². The second-order valence-corrected chi connectivity index (χ2v) is 5.49.